The van der Waals surface area contributed by atoms with Gasteiger partial charge in [0.05, 0.1) is 17.3 Å². The number of aromatic nitrogens is 2. The van der Waals surface area contributed by atoms with Crippen molar-refractivity contribution in [3.63, 3.8) is 0 Å². The number of rotatable bonds is 4. The molecular weight excluding hydrogens is 456 g/mol. The number of nitrogens with zero attached hydrogens (tertiary/aromatic N) is 3. The van der Waals surface area contributed by atoms with Crippen molar-refractivity contribution in [3.05, 3.63) is 65.0 Å². The third kappa shape index (κ3) is 4.02. The van der Waals surface area contributed by atoms with E-state index >= 15 is 0 Å². The summed E-state index contributed by atoms with van der Waals surface area (Å²) in [4.78, 5) is 32.1. The van der Waals surface area contributed by atoms with E-state index < -0.39 is 5.92 Å². The molecule has 2 aliphatic rings. The number of benzene rings is 2. The fraction of sp³-hybridized carbons (Fsp3) is 0.292. The fourth-order valence-corrected chi connectivity index (χ4v) is 4.76. The number of hydrogen-bond acceptors (Lipinski definition) is 3. The number of halogens is 1. The van der Waals surface area contributed by atoms with Gasteiger partial charge in [-0.2, -0.15) is 0 Å². The number of para-hydroxylation sites is 1. The van der Waals surface area contributed by atoms with Gasteiger partial charge in [-0.05, 0) is 37.1 Å². The zero-order valence-corrected chi connectivity index (χ0v) is 18.6. The van der Waals surface area contributed by atoms with Crippen LogP contribution in [-0.2, 0) is 22.6 Å². The molecule has 0 saturated carbocycles. The monoisotopic (exact) mass is 478 g/mol. The highest BCUT2D eigenvalue weighted by molar-refractivity contribution is 9.10. The zero-order valence-electron chi connectivity index (χ0n) is 17.1. The molecule has 1 N–H and O–H groups in total. The molecule has 1 aromatic heterocycles. The topological polar surface area (TPSA) is 67.2 Å². The van der Waals surface area contributed by atoms with Gasteiger partial charge in [-0.3, -0.25) is 9.59 Å². The molecule has 5 rings (SSSR count). The number of carbonyl (C=O) groups is 2. The Bertz CT molecular complexity index is 1130. The summed E-state index contributed by atoms with van der Waals surface area (Å²) in [5.41, 5.74) is 3.33. The fourth-order valence-electron chi connectivity index (χ4n) is 4.37. The van der Waals surface area contributed by atoms with Gasteiger partial charge in [0.15, 0.2) is 0 Å². The summed E-state index contributed by atoms with van der Waals surface area (Å²) in [6.45, 7) is 1.37. The Labute approximate surface area is 189 Å². The Morgan fingerprint density at radius 1 is 1.13 bits per heavy atom. The van der Waals surface area contributed by atoms with Crippen LogP contribution in [0.1, 0.15) is 25.1 Å². The Balaban J connectivity index is 1.34. The van der Waals surface area contributed by atoms with Crippen LogP contribution in [0.25, 0.3) is 11.3 Å². The van der Waals surface area contributed by atoms with Crippen LogP contribution in [0, 0.1) is 5.92 Å². The lowest BCUT2D eigenvalue weighted by atomic mass is 10.1. The highest BCUT2D eigenvalue weighted by Crippen LogP contribution is 2.31. The van der Waals surface area contributed by atoms with Gasteiger partial charge in [-0.15, -0.1) is 0 Å². The van der Waals surface area contributed by atoms with Crippen LogP contribution >= 0.6 is 15.9 Å². The van der Waals surface area contributed by atoms with Gasteiger partial charge in [0.2, 0.25) is 11.8 Å². The molecule has 1 atom stereocenters. The van der Waals surface area contributed by atoms with Gasteiger partial charge in [0, 0.05) is 47.9 Å². The summed E-state index contributed by atoms with van der Waals surface area (Å²) in [6, 6.07) is 15.3. The first kappa shape index (κ1) is 20.0. The lowest BCUT2D eigenvalue weighted by Crippen LogP contribution is -2.28. The van der Waals surface area contributed by atoms with E-state index in [0.717, 1.165) is 45.9 Å². The van der Waals surface area contributed by atoms with Gasteiger partial charge in [-0.25, -0.2) is 4.98 Å². The molecule has 1 unspecified atom stereocenters. The Kier molecular flexibility index (Phi) is 5.36. The van der Waals surface area contributed by atoms with Crippen LogP contribution in [-0.4, -0.2) is 27.9 Å². The summed E-state index contributed by atoms with van der Waals surface area (Å²) < 4.78 is 3.12. The average molecular weight is 479 g/mol. The molecule has 6 nitrogen and oxygen atoms in total. The van der Waals surface area contributed by atoms with Crippen LogP contribution in [0.3, 0.4) is 0 Å². The van der Waals surface area contributed by atoms with E-state index in [0.29, 0.717) is 6.54 Å². The summed E-state index contributed by atoms with van der Waals surface area (Å²) in [5.74, 6) is 0.541. The molecule has 3 heterocycles. The van der Waals surface area contributed by atoms with Gasteiger partial charge >= 0.3 is 0 Å². The molecular formula is C24H23BrN4O2. The molecule has 0 bridgehead atoms. The molecule has 0 spiro atoms. The van der Waals surface area contributed by atoms with Crippen LogP contribution in [0.15, 0.2) is 59.2 Å². The molecule has 31 heavy (non-hydrogen) atoms. The number of fused-ring (bicyclic) bond motifs is 1. The van der Waals surface area contributed by atoms with Crippen LogP contribution in [0.4, 0.5) is 11.4 Å². The number of hydrogen-bond donors (Lipinski definition) is 1. The maximum atomic E-state index is 13.1. The minimum absolute atomic E-state index is 0.0340. The largest absolute Gasteiger partial charge is 0.334 e. The molecule has 0 aliphatic carbocycles. The van der Waals surface area contributed by atoms with Crippen molar-refractivity contribution < 1.29 is 9.59 Å². The highest BCUT2D eigenvalue weighted by Gasteiger charge is 2.35. The molecule has 158 valence electrons. The second-order valence-electron chi connectivity index (χ2n) is 8.11. The quantitative estimate of drug-likeness (QED) is 0.593. The predicted molar refractivity (Wildman–Crippen MR) is 124 cm³/mol. The number of carbonyl (C=O) groups excluding carboxylic acids is 2. The summed E-state index contributed by atoms with van der Waals surface area (Å²) in [7, 11) is 0. The van der Waals surface area contributed by atoms with Crippen LogP contribution in [0.2, 0.25) is 0 Å². The minimum Gasteiger partial charge on any atom is -0.334 e. The van der Waals surface area contributed by atoms with Crippen LogP contribution in [0.5, 0.6) is 0 Å². The summed E-state index contributed by atoms with van der Waals surface area (Å²) in [5, 5.41) is 3.06. The van der Waals surface area contributed by atoms with Gasteiger partial charge < -0.3 is 14.8 Å². The molecule has 1 saturated heterocycles. The second kappa shape index (κ2) is 8.30. The van der Waals surface area contributed by atoms with Crippen molar-refractivity contribution in [2.45, 2.75) is 32.2 Å². The third-order valence-corrected chi connectivity index (χ3v) is 6.48. The second-order valence-corrected chi connectivity index (χ2v) is 9.03. The van der Waals surface area contributed by atoms with E-state index in [1.54, 1.807) is 4.90 Å². The molecule has 2 aromatic carbocycles. The Morgan fingerprint density at radius 3 is 2.84 bits per heavy atom. The smallest absolute Gasteiger partial charge is 0.229 e. The van der Waals surface area contributed by atoms with Crippen molar-refractivity contribution >= 4 is 39.1 Å². The summed E-state index contributed by atoms with van der Waals surface area (Å²) in [6.07, 6.45) is 5.61. The van der Waals surface area contributed by atoms with Crippen molar-refractivity contribution in [2.24, 2.45) is 5.92 Å². The van der Waals surface area contributed by atoms with Crippen molar-refractivity contribution in [3.8, 4) is 11.3 Å². The normalized spacial score (nSPS) is 18.2. The number of aryl methyl sites for hydroxylation is 2. The number of amides is 2. The van der Waals surface area contributed by atoms with E-state index in [1.807, 2.05) is 48.5 Å². The first-order chi connectivity index (χ1) is 15.1. The van der Waals surface area contributed by atoms with E-state index in [9.17, 15) is 9.59 Å². The maximum absolute atomic E-state index is 13.1. The molecule has 2 aliphatic heterocycles. The minimum atomic E-state index is -0.394. The van der Waals surface area contributed by atoms with E-state index in [4.69, 9.17) is 4.98 Å². The average Bonchev–Trinajstić information content (AvgIpc) is 3.38. The number of anilines is 2. The van der Waals surface area contributed by atoms with Crippen molar-refractivity contribution in [1.82, 2.24) is 9.55 Å². The SMILES string of the molecule is O=C(Nc1ccccc1-c1cn2c(n1)CCCC2)C1CC(=O)N(c2cccc(Br)c2)C1. The number of imidazole rings is 1. The Morgan fingerprint density at radius 2 is 2.00 bits per heavy atom. The maximum Gasteiger partial charge on any atom is 0.229 e. The van der Waals surface area contributed by atoms with Gasteiger partial charge in [0.1, 0.15) is 5.82 Å². The lowest BCUT2D eigenvalue weighted by Gasteiger charge is -2.17. The molecule has 0 radical (unpaired) electrons. The zero-order chi connectivity index (χ0) is 21.4. The van der Waals surface area contributed by atoms with Gasteiger partial charge in [0.25, 0.3) is 0 Å². The van der Waals surface area contributed by atoms with Crippen molar-refractivity contribution in [2.75, 3.05) is 16.8 Å². The highest BCUT2D eigenvalue weighted by atomic mass is 79.9. The first-order valence-electron chi connectivity index (χ1n) is 10.6. The van der Waals surface area contributed by atoms with E-state index in [1.165, 1.54) is 12.8 Å². The third-order valence-electron chi connectivity index (χ3n) is 5.99. The summed E-state index contributed by atoms with van der Waals surface area (Å²) >= 11 is 3.44. The van der Waals surface area contributed by atoms with Gasteiger partial charge in [-0.1, -0.05) is 40.2 Å². The van der Waals surface area contributed by atoms with E-state index in [-0.39, 0.29) is 18.2 Å². The molecule has 1 fully saturated rings. The predicted octanol–water partition coefficient (Wildman–Crippen LogP) is 4.64. The first-order valence-corrected chi connectivity index (χ1v) is 11.4. The standard InChI is InChI=1S/C24H23BrN4O2/c25-17-6-5-7-18(13-17)29-14-16(12-23(29)30)24(31)27-20-9-2-1-8-19(20)21-15-28-11-4-3-10-22(28)26-21/h1-2,5-9,13,15-16H,3-4,10-12,14H2,(H,27,31). The molecule has 3 aromatic rings. The van der Waals surface area contributed by atoms with E-state index in [2.05, 4.69) is 32.0 Å². The number of nitrogens with one attached hydrogen (secondary N) is 1. The molecule has 2 amide bonds. The van der Waals surface area contributed by atoms with Crippen molar-refractivity contribution in [1.29, 1.82) is 0 Å². The Hall–Kier alpha value is -2.93. The molecule has 7 heteroatoms. The van der Waals surface area contributed by atoms with Crippen LogP contribution < -0.4 is 10.2 Å². The lowest BCUT2D eigenvalue weighted by molar-refractivity contribution is -0.122.